The molecule has 2 aromatic carbocycles. The summed E-state index contributed by atoms with van der Waals surface area (Å²) in [5.74, 6) is 0.394. The summed E-state index contributed by atoms with van der Waals surface area (Å²) in [6.07, 6.45) is 2.29. The number of hydrogen-bond donors (Lipinski definition) is 1. The van der Waals surface area contributed by atoms with E-state index in [2.05, 4.69) is 5.32 Å². The minimum absolute atomic E-state index is 0. The monoisotopic (exact) mass is 562 g/mol. The van der Waals surface area contributed by atoms with Gasteiger partial charge in [-0.25, -0.2) is 4.68 Å². The fourth-order valence-corrected chi connectivity index (χ4v) is 4.69. The van der Waals surface area contributed by atoms with E-state index in [1.165, 1.54) is 6.07 Å². The maximum Gasteiger partial charge on any atom is 0.277 e. The summed E-state index contributed by atoms with van der Waals surface area (Å²) < 4.78 is 8.49. The van der Waals surface area contributed by atoms with Crippen molar-refractivity contribution in [1.29, 1.82) is 0 Å². The van der Waals surface area contributed by atoms with E-state index in [0.29, 0.717) is 41.5 Å². The van der Waals surface area contributed by atoms with Crippen molar-refractivity contribution in [3.05, 3.63) is 100 Å². The number of nitrogens with one attached hydrogen (secondary N) is 1. The molecule has 0 unspecified atom stereocenters. The van der Waals surface area contributed by atoms with E-state index in [1.54, 1.807) is 44.5 Å². The number of anilines is 1. The van der Waals surface area contributed by atoms with Crippen molar-refractivity contribution in [2.45, 2.75) is 13.0 Å². The van der Waals surface area contributed by atoms with Crippen molar-refractivity contribution in [2.75, 3.05) is 39.2 Å². The zero-order valence-electron chi connectivity index (χ0n) is 22.5. The lowest BCUT2D eigenvalue weighted by Crippen LogP contribution is -2.39. The van der Waals surface area contributed by atoms with Crippen LogP contribution < -0.4 is 20.5 Å². The van der Waals surface area contributed by atoms with Gasteiger partial charge < -0.3 is 19.9 Å². The summed E-state index contributed by atoms with van der Waals surface area (Å²) in [5, 5.41) is 7.69. The highest BCUT2D eigenvalue weighted by Gasteiger charge is 2.33. The number of pyridine rings is 1. The number of likely N-dealkylation sites (N-methyl/N-ethyl adjacent to an activating group) is 1. The van der Waals surface area contributed by atoms with Crippen LogP contribution >= 0.6 is 12.4 Å². The molecule has 1 aliphatic heterocycles. The van der Waals surface area contributed by atoms with Gasteiger partial charge in [-0.3, -0.25) is 19.0 Å². The number of carbonyl (C=O) groups is 2. The van der Waals surface area contributed by atoms with Gasteiger partial charge in [-0.1, -0.05) is 6.07 Å². The topological polar surface area (TPSA) is 102 Å². The lowest BCUT2D eigenvalue weighted by molar-refractivity contribution is -0.121. The Hall–Kier alpha value is -4.41. The molecule has 1 N–H and O–H groups in total. The first-order valence-corrected chi connectivity index (χ1v) is 12.6. The number of nitrogens with zero attached hydrogens (tertiary/aromatic N) is 5. The van der Waals surface area contributed by atoms with Crippen molar-refractivity contribution >= 4 is 29.9 Å². The highest BCUT2D eigenvalue weighted by atomic mass is 35.5. The highest BCUT2D eigenvalue weighted by molar-refractivity contribution is 6.07. The maximum absolute atomic E-state index is 13.9. The Morgan fingerprint density at radius 2 is 1.65 bits per heavy atom. The number of amides is 2. The van der Waals surface area contributed by atoms with Crippen LogP contribution in [0.4, 0.5) is 5.69 Å². The lowest BCUT2D eigenvalue weighted by atomic mass is 10.0. The second-order valence-corrected chi connectivity index (χ2v) is 9.53. The molecular formula is C29H31ClN6O4. The first kappa shape index (κ1) is 28.6. The first-order valence-electron chi connectivity index (χ1n) is 12.6. The summed E-state index contributed by atoms with van der Waals surface area (Å²) in [7, 11) is 5.26. The van der Waals surface area contributed by atoms with Crippen LogP contribution in [0, 0.1) is 0 Å². The Kier molecular flexibility index (Phi) is 8.71. The molecular weight excluding hydrogens is 532 g/mol. The molecule has 4 aromatic rings. The Morgan fingerprint density at radius 3 is 2.30 bits per heavy atom. The number of methoxy groups -OCH3 is 1. The summed E-state index contributed by atoms with van der Waals surface area (Å²) in [6, 6.07) is 19.7. The Morgan fingerprint density at radius 1 is 0.975 bits per heavy atom. The molecule has 0 saturated heterocycles. The van der Waals surface area contributed by atoms with Gasteiger partial charge in [0.05, 0.1) is 31.6 Å². The van der Waals surface area contributed by atoms with Crippen molar-refractivity contribution < 1.29 is 14.3 Å². The van der Waals surface area contributed by atoms with Gasteiger partial charge in [-0.15, -0.1) is 12.4 Å². The fourth-order valence-electron chi connectivity index (χ4n) is 4.69. The number of ether oxygens (including phenoxy) is 1. The van der Waals surface area contributed by atoms with Gasteiger partial charge in [0.25, 0.3) is 11.5 Å². The van der Waals surface area contributed by atoms with Gasteiger partial charge in [-0.2, -0.15) is 5.10 Å². The first-order chi connectivity index (χ1) is 18.9. The van der Waals surface area contributed by atoms with Crippen LogP contribution in [0.15, 0.2) is 77.7 Å². The summed E-state index contributed by atoms with van der Waals surface area (Å²) >= 11 is 0. The molecule has 2 aromatic heterocycles. The van der Waals surface area contributed by atoms with E-state index in [0.717, 1.165) is 11.3 Å². The molecule has 11 heteroatoms. The average molecular weight is 563 g/mol. The van der Waals surface area contributed by atoms with E-state index in [9.17, 15) is 14.4 Å². The molecule has 3 heterocycles. The SMILES string of the molecule is COc1ccc(-n2nc(CNC(=O)CN(C)C)c3c2C(=O)N(c2ccc(-n4ccccc4=O)cc2)CC3)cc1.Cl. The van der Waals surface area contributed by atoms with Gasteiger partial charge in [0, 0.05) is 35.7 Å². The number of benzene rings is 2. The van der Waals surface area contributed by atoms with Crippen LogP contribution in [0.3, 0.4) is 0 Å². The molecule has 0 aliphatic carbocycles. The zero-order valence-corrected chi connectivity index (χ0v) is 23.4. The second-order valence-electron chi connectivity index (χ2n) is 9.53. The van der Waals surface area contributed by atoms with Crippen LogP contribution in [-0.4, -0.2) is 65.4 Å². The van der Waals surface area contributed by atoms with Crippen LogP contribution in [0.2, 0.25) is 0 Å². The van der Waals surface area contributed by atoms with Crippen molar-refractivity contribution in [3.63, 3.8) is 0 Å². The van der Waals surface area contributed by atoms with Gasteiger partial charge in [0.15, 0.2) is 0 Å². The number of aromatic nitrogens is 3. The minimum atomic E-state index is -0.185. The predicted molar refractivity (Wildman–Crippen MR) is 155 cm³/mol. The summed E-state index contributed by atoms with van der Waals surface area (Å²) in [5.41, 5.74) is 3.98. The molecule has 2 amide bonds. The van der Waals surface area contributed by atoms with Gasteiger partial charge in [0.2, 0.25) is 5.91 Å². The second kappa shape index (κ2) is 12.2. The number of rotatable bonds is 8. The van der Waals surface area contributed by atoms with Crippen LogP contribution in [-0.2, 0) is 17.8 Å². The summed E-state index contributed by atoms with van der Waals surface area (Å²) in [4.78, 5) is 42.0. The average Bonchev–Trinajstić information content (AvgIpc) is 3.32. The quantitative estimate of drug-likeness (QED) is 0.354. The Balaban J connectivity index is 0.00000370. The molecule has 208 valence electrons. The molecule has 1 aliphatic rings. The standard InChI is InChI=1S/C29H30N6O4.ClH/c1-32(2)19-26(36)30-18-25-24-15-17-34(21-9-7-20(8-10-21)33-16-5-4-6-27(33)37)29(38)28(24)35(31-25)22-11-13-23(39-3)14-12-22;/h4-14,16H,15,17-19H2,1-3H3,(H,30,36);1H. The molecule has 0 radical (unpaired) electrons. The van der Waals surface area contributed by atoms with Gasteiger partial charge >= 0.3 is 0 Å². The number of halogens is 1. The largest absolute Gasteiger partial charge is 0.497 e. The zero-order chi connectivity index (χ0) is 27.5. The molecule has 5 rings (SSSR count). The molecule has 0 bridgehead atoms. The molecule has 40 heavy (non-hydrogen) atoms. The fraction of sp³-hybridized carbons (Fsp3) is 0.241. The van der Waals surface area contributed by atoms with Crippen molar-refractivity contribution in [1.82, 2.24) is 24.6 Å². The van der Waals surface area contributed by atoms with Crippen molar-refractivity contribution in [2.24, 2.45) is 0 Å². The Labute approximate surface area is 238 Å². The lowest BCUT2D eigenvalue weighted by Gasteiger charge is -2.28. The maximum atomic E-state index is 13.9. The van der Waals surface area contributed by atoms with Gasteiger partial charge in [-0.05, 0) is 75.1 Å². The predicted octanol–water partition coefficient (Wildman–Crippen LogP) is 2.83. The van der Waals surface area contributed by atoms with E-state index in [-0.39, 0.29) is 42.9 Å². The summed E-state index contributed by atoms with van der Waals surface area (Å²) in [6.45, 7) is 0.953. The van der Waals surface area contributed by atoms with Crippen LogP contribution in [0.5, 0.6) is 5.75 Å². The van der Waals surface area contributed by atoms with Crippen LogP contribution in [0.25, 0.3) is 11.4 Å². The molecule has 0 saturated carbocycles. The van der Waals surface area contributed by atoms with E-state index < -0.39 is 0 Å². The van der Waals surface area contributed by atoms with E-state index in [4.69, 9.17) is 9.84 Å². The minimum Gasteiger partial charge on any atom is -0.497 e. The van der Waals surface area contributed by atoms with Crippen LogP contribution in [0.1, 0.15) is 21.7 Å². The molecule has 10 nitrogen and oxygen atoms in total. The number of hydrogen-bond acceptors (Lipinski definition) is 6. The smallest absolute Gasteiger partial charge is 0.277 e. The molecule has 0 spiro atoms. The third kappa shape index (κ3) is 5.78. The molecule has 0 fully saturated rings. The highest BCUT2D eigenvalue weighted by Crippen LogP contribution is 2.30. The normalized spacial score (nSPS) is 12.6. The molecule has 0 atom stereocenters. The van der Waals surface area contributed by atoms with E-state index in [1.807, 2.05) is 62.6 Å². The third-order valence-electron chi connectivity index (χ3n) is 6.59. The Bertz CT molecular complexity index is 1560. The van der Waals surface area contributed by atoms with E-state index >= 15 is 0 Å². The van der Waals surface area contributed by atoms with Crippen molar-refractivity contribution in [3.8, 4) is 17.1 Å². The number of carbonyl (C=O) groups excluding carboxylic acids is 2. The van der Waals surface area contributed by atoms with Gasteiger partial charge in [0.1, 0.15) is 11.4 Å². The third-order valence-corrected chi connectivity index (χ3v) is 6.59. The number of fused-ring (bicyclic) bond motifs is 1.